The minimum absolute atomic E-state index is 0.727. The predicted molar refractivity (Wildman–Crippen MR) is 282 cm³/mol. The Labute approximate surface area is 385 Å². The number of benzene rings is 10. The van der Waals surface area contributed by atoms with Gasteiger partial charge in [-0.05, 0) is 69.8 Å². The molecule has 306 valence electrons. The van der Waals surface area contributed by atoms with Gasteiger partial charge >= 0.3 is 0 Å². The van der Waals surface area contributed by atoms with Gasteiger partial charge in [-0.3, -0.25) is 4.57 Å². The van der Waals surface area contributed by atoms with Crippen LogP contribution in [0, 0.1) is 0 Å². The number of thiophene rings is 2. The van der Waals surface area contributed by atoms with Crippen molar-refractivity contribution in [1.29, 1.82) is 0 Å². The van der Waals surface area contributed by atoms with Crippen molar-refractivity contribution in [2.75, 3.05) is 0 Å². The molecule has 66 heavy (non-hydrogen) atoms. The number of rotatable bonds is 4. The first-order chi connectivity index (χ1) is 32.7. The monoisotopic (exact) mass is 874 g/mol. The lowest BCUT2D eigenvalue weighted by Crippen LogP contribution is -2.02. The average molecular weight is 875 g/mol. The third-order valence-electron chi connectivity index (χ3n) is 13.7. The molecule has 5 aromatic heterocycles. The van der Waals surface area contributed by atoms with Gasteiger partial charge in [-0.2, -0.15) is 0 Å². The van der Waals surface area contributed by atoms with E-state index in [2.05, 4.69) is 215 Å². The van der Waals surface area contributed by atoms with Gasteiger partial charge in [-0.15, -0.1) is 22.7 Å². The molecule has 0 aliphatic carbocycles. The number of hydrogen-bond donors (Lipinski definition) is 0. The van der Waals surface area contributed by atoms with E-state index < -0.39 is 0 Å². The first-order valence-electron chi connectivity index (χ1n) is 22.3. The van der Waals surface area contributed by atoms with E-state index in [0.29, 0.717) is 0 Å². The minimum atomic E-state index is 0.727. The Kier molecular flexibility index (Phi) is 7.50. The molecule has 6 heteroatoms. The van der Waals surface area contributed by atoms with E-state index >= 15 is 0 Å². The molecule has 0 saturated heterocycles. The van der Waals surface area contributed by atoms with Crippen LogP contribution in [0.5, 0.6) is 0 Å². The maximum atomic E-state index is 5.58. The standard InChI is InChI=1S/C60H34N4S2/c1-2-16-36(17-3-1)58-61-59(55-45-23-9-13-28-52(45)66-60(55)62-58)64-49-25-11-7-21-43(49)53-42-32-30-37(33-46(42)54-44-22-8-12-27-51(44)65-57(54)56(53)64)38-29-31-41-40-20-6-10-24-48(40)63(50(41)34-38)47-26-14-18-35-15-4-5-19-39(35)47/h1-34H. The lowest BCUT2D eigenvalue weighted by molar-refractivity contribution is 1.08. The van der Waals surface area contributed by atoms with E-state index in [1.54, 1.807) is 11.3 Å². The number of fused-ring (bicyclic) bond motifs is 17. The molecule has 0 fully saturated rings. The molecule has 15 aromatic rings. The highest BCUT2D eigenvalue weighted by atomic mass is 32.1. The molecule has 0 N–H and O–H groups in total. The zero-order chi connectivity index (χ0) is 43.0. The van der Waals surface area contributed by atoms with Crippen LogP contribution < -0.4 is 0 Å². The second-order valence-electron chi connectivity index (χ2n) is 17.2. The van der Waals surface area contributed by atoms with E-state index in [-0.39, 0.29) is 0 Å². The lowest BCUT2D eigenvalue weighted by atomic mass is 9.94. The van der Waals surface area contributed by atoms with Crippen molar-refractivity contribution >= 4 is 128 Å². The number of aromatic nitrogens is 4. The number of hydrogen-bond acceptors (Lipinski definition) is 4. The van der Waals surface area contributed by atoms with Crippen molar-refractivity contribution in [2.45, 2.75) is 0 Å². The van der Waals surface area contributed by atoms with Crippen molar-refractivity contribution in [1.82, 2.24) is 19.1 Å². The summed E-state index contributed by atoms with van der Waals surface area (Å²) in [7, 11) is 0. The predicted octanol–water partition coefficient (Wildman–Crippen LogP) is 17.0. The van der Waals surface area contributed by atoms with Gasteiger partial charge in [0.1, 0.15) is 4.83 Å². The normalized spacial score (nSPS) is 12.2. The summed E-state index contributed by atoms with van der Waals surface area (Å²) in [5.41, 5.74) is 9.27. The van der Waals surface area contributed by atoms with Crippen molar-refractivity contribution < 1.29 is 0 Å². The first kappa shape index (κ1) is 36.2. The topological polar surface area (TPSA) is 35.6 Å². The van der Waals surface area contributed by atoms with Gasteiger partial charge in [-0.1, -0.05) is 164 Å². The van der Waals surface area contributed by atoms with Crippen molar-refractivity contribution in [3.05, 3.63) is 206 Å². The average Bonchev–Trinajstić information content (AvgIpc) is 4.14. The summed E-state index contributed by atoms with van der Waals surface area (Å²) in [6, 6.07) is 75.3. The van der Waals surface area contributed by atoms with Crippen LogP contribution in [0.1, 0.15) is 0 Å². The summed E-state index contributed by atoms with van der Waals surface area (Å²) < 4.78 is 8.65. The molecule has 0 aliphatic rings. The van der Waals surface area contributed by atoms with Gasteiger partial charge in [0.2, 0.25) is 0 Å². The minimum Gasteiger partial charge on any atom is -0.309 e. The van der Waals surface area contributed by atoms with Crippen molar-refractivity contribution in [3.8, 4) is 34.0 Å². The first-order valence-corrected chi connectivity index (χ1v) is 24.0. The maximum absolute atomic E-state index is 5.58. The third-order valence-corrected chi connectivity index (χ3v) is 16.0. The molecule has 0 spiro atoms. The second-order valence-corrected chi connectivity index (χ2v) is 19.3. The van der Waals surface area contributed by atoms with Crippen molar-refractivity contribution in [2.24, 2.45) is 0 Å². The van der Waals surface area contributed by atoms with Crippen LogP contribution in [0.2, 0.25) is 0 Å². The van der Waals surface area contributed by atoms with Crippen LogP contribution in [0.15, 0.2) is 206 Å². The van der Waals surface area contributed by atoms with Crippen LogP contribution in [0.4, 0.5) is 0 Å². The van der Waals surface area contributed by atoms with Crippen molar-refractivity contribution in [3.63, 3.8) is 0 Å². The summed E-state index contributed by atoms with van der Waals surface area (Å²) in [4.78, 5) is 11.8. The van der Waals surface area contributed by atoms with Gasteiger partial charge in [0.25, 0.3) is 0 Å². The molecule has 0 radical (unpaired) electrons. The fraction of sp³-hybridized carbons (Fsp3) is 0. The SMILES string of the molecule is c1ccc(-c2nc(-n3c4ccccc4c4c5ccc(-c6ccc7c8ccccc8n(-c8cccc9ccccc89)c7c6)cc5c5c6ccccc6sc5c43)c3c(n2)sc2ccccc23)cc1. The molecular formula is C60H34N4S2. The van der Waals surface area contributed by atoms with Crippen LogP contribution in [0.3, 0.4) is 0 Å². The highest BCUT2D eigenvalue weighted by molar-refractivity contribution is 7.27. The molecule has 4 nitrogen and oxygen atoms in total. The van der Waals surface area contributed by atoms with Crippen LogP contribution >= 0.6 is 22.7 Å². The summed E-state index contributed by atoms with van der Waals surface area (Å²) in [5.74, 6) is 1.64. The molecule has 0 unspecified atom stereocenters. The summed E-state index contributed by atoms with van der Waals surface area (Å²) in [6.45, 7) is 0. The summed E-state index contributed by atoms with van der Waals surface area (Å²) >= 11 is 3.62. The zero-order valence-corrected chi connectivity index (χ0v) is 36.9. The highest BCUT2D eigenvalue weighted by Crippen LogP contribution is 2.50. The Bertz CT molecular complexity index is 4530. The third kappa shape index (κ3) is 5.02. The quantitative estimate of drug-likeness (QED) is 0.177. The molecule has 5 heterocycles. The fourth-order valence-corrected chi connectivity index (χ4v) is 13.2. The second kappa shape index (κ2) is 13.7. The molecule has 0 aliphatic heterocycles. The van der Waals surface area contributed by atoms with Gasteiger partial charge in [0, 0.05) is 58.1 Å². The molecule has 0 atom stereocenters. The molecule has 0 saturated carbocycles. The number of nitrogens with zero attached hydrogens (tertiary/aromatic N) is 4. The van der Waals surface area contributed by atoms with E-state index in [9.17, 15) is 0 Å². The summed E-state index contributed by atoms with van der Waals surface area (Å²) in [5, 5.41) is 14.7. The Morgan fingerprint density at radius 2 is 0.955 bits per heavy atom. The maximum Gasteiger partial charge on any atom is 0.163 e. The van der Waals surface area contributed by atoms with Crippen LogP contribution in [-0.4, -0.2) is 19.1 Å². The Balaban J connectivity index is 1.05. The van der Waals surface area contributed by atoms with Crippen LogP contribution in [0.25, 0.3) is 140 Å². The van der Waals surface area contributed by atoms with E-state index in [0.717, 1.165) is 32.9 Å². The van der Waals surface area contributed by atoms with Crippen LogP contribution in [-0.2, 0) is 0 Å². The molecule has 0 bridgehead atoms. The zero-order valence-electron chi connectivity index (χ0n) is 35.2. The molecule has 0 amide bonds. The van der Waals surface area contributed by atoms with E-state index in [1.807, 2.05) is 11.3 Å². The summed E-state index contributed by atoms with van der Waals surface area (Å²) in [6.07, 6.45) is 0. The van der Waals surface area contributed by atoms with E-state index in [1.165, 1.54) is 107 Å². The lowest BCUT2D eigenvalue weighted by Gasteiger charge is -2.14. The largest absolute Gasteiger partial charge is 0.309 e. The smallest absolute Gasteiger partial charge is 0.163 e. The van der Waals surface area contributed by atoms with Gasteiger partial charge < -0.3 is 4.57 Å². The Morgan fingerprint density at radius 3 is 1.77 bits per heavy atom. The van der Waals surface area contributed by atoms with E-state index in [4.69, 9.17) is 9.97 Å². The molecule has 10 aromatic carbocycles. The molecular weight excluding hydrogens is 841 g/mol. The van der Waals surface area contributed by atoms with Gasteiger partial charge in [0.05, 0.1) is 37.8 Å². The fourth-order valence-electron chi connectivity index (χ4n) is 10.9. The Morgan fingerprint density at radius 1 is 0.348 bits per heavy atom. The van der Waals surface area contributed by atoms with Gasteiger partial charge in [-0.25, -0.2) is 9.97 Å². The number of para-hydroxylation sites is 2. The van der Waals surface area contributed by atoms with Gasteiger partial charge in [0.15, 0.2) is 11.6 Å². The Hall–Kier alpha value is -8.16. The molecule has 15 rings (SSSR count). The highest BCUT2D eigenvalue weighted by Gasteiger charge is 2.26.